The van der Waals surface area contributed by atoms with E-state index in [0.29, 0.717) is 28.6 Å². The fourth-order valence-corrected chi connectivity index (χ4v) is 3.81. The highest BCUT2D eigenvalue weighted by atomic mass is 35.5. The summed E-state index contributed by atoms with van der Waals surface area (Å²) in [5.74, 6) is -1.10. The SMILES string of the molecule is CC1(C(=O)O)CCC(C)(C(=O)Nc2ccc(Cl)cc2Cl)C1(C)C. The van der Waals surface area contributed by atoms with Gasteiger partial charge in [0.15, 0.2) is 0 Å². The molecule has 0 aliphatic heterocycles. The molecule has 1 saturated carbocycles. The van der Waals surface area contributed by atoms with Crippen LogP contribution >= 0.6 is 23.2 Å². The number of carbonyl (C=O) groups is 2. The number of carbonyl (C=O) groups excluding carboxylic acids is 1. The number of carboxylic acids is 1. The fraction of sp³-hybridized carbons (Fsp3) is 0.529. The van der Waals surface area contributed by atoms with Crippen molar-refractivity contribution in [2.75, 3.05) is 5.32 Å². The molecule has 1 aliphatic rings. The molecule has 1 aromatic rings. The minimum Gasteiger partial charge on any atom is -0.481 e. The van der Waals surface area contributed by atoms with E-state index in [-0.39, 0.29) is 5.91 Å². The quantitative estimate of drug-likeness (QED) is 0.812. The lowest BCUT2D eigenvalue weighted by Gasteiger charge is -2.44. The van der Waals surface area contributed by atoms with Crippen molar-refractivity contribution in [3.05, 3.63) is 28.2 Å². The van der Waals surface area contributed by atoms with Crippen molar-refractivity contribution in [2.45, 2.75) is 40.5 Å². The first-order chi connectivity index (χ1) is 10.5. The Balaban J connectivity index is 2.33. The van der Waals surface area contributed by atoms with Gasteiger partial charge in [-0.25, -0.2) is 0 Å². The van der Waals surface area contributed by atoms with Gasteiger partial charge in [0.2, 0.25) is 5.91 Å². The van der Waals surface area contributed by atoms with E-state index in [9.17, 15) is 14.7 Å². The van der Waals surface area contributed by atoms with Crippen LogP contribution in [-0.4, -0.2) is 17.0 Å². The number of amides is 1. The third kappa shape index (κ3) is 2.62. The lowest BCUT2D eigenvalue weighted by atomic mass is 9.59. The van der Waals surface area contributed by atoms with Gasteiger partial charge in [-0.2, -0.15) is 0 Å². The van der Waals surface area contributed by atoms with E-state index in [4.69, 9.17) is 23.2 Å². The fourth-order valence-electron chi connectivity index (χ4n) is 3.36. The van der Waals surface area contributed by atoms with Crippen LogP contribution in [0, 0.1) is 16.2 Å². The zero-order chi connectivity index (χ0) is 17.6. The van der Waals surface area contributed by atoms with Crippen LogP contribution in [0.15, 0.2) is 18.2 Å². The molecule has 2 N–H and O–H groups in total. The lowest BCUT2D eigenvalue weighted by molar-refractivity contribution is -0.157. The van der Waals surface area contributed by atoms with E-state index in [1.54, 1.807) is 25.1 Å². The summed E-state index contributed by atoms with van der Waals surface area (Å²) in [6, 6.07) is 4.85. The number of rotatable bonds is 3. The van der Waals surface area contributed by atoms with Crippen LogP contribution in [-0.2, 0) is 9.59 Å². The number of aliphatic carboxylic acids is 1. The lowest BCUT2D eigenvalue weighted by Crippen LogP contribution is -2.49. The molecule has 0 saturated heterocycles. The Bertz CT molecular complexity index is 674. The average Bonchev–Trinajstić information content (AvgIpc) is 2.64. The van der Waals surface area contributed by atoms with Crippen LogP contribution in [0.2, 0.25) is 10.0 Å². The summed E-state index contributed by atoms with van der Waals surface area (Å²) in [4.78, 5) is 24.6. The van der Waals surface area contributed by atoms with Gasteiger partial charge in [-0.1, -0.05) is 44.0 Å². The summed E-state index contributed by atoms with van der Waals surface area (Å²) in [6.45, 7) is 7.22. The van der Waals surface area contributed by atoms with Crippen molar-refractivity contribution in [3.8, 4) is 0 Å². The number of nitrogens with one attached hydrogen (secondary N) is 1. The molecule has 2 unspecified atom stereocenters. The molecule has 0 aromatic heterocycles. The Labute approximate surface area is 146 Å². The van der Waals surface area contributed by atoms with E-state index >= 15 is 0 Å². The van der Waals surface area contributed by atoms with E-state index < -0.39 is 22.2 Å². The third-order valence-electron chi connectivity index (χ3n) is 6.04. The number of halogens is 2. The van der Waals surface area contributed by atoms with Crippen LogP contribution in [0.25, 0.3) is 0 Å². The molecular weight excluding hydrogens is 337 g/mol. The largest absolute Gasteiger partial charge is 0.481 e. The van der Waals surface area contributed by atoms with E-state index in [1.165, 1.54) is 0 Å². The second-order valence-corrected chi connectivity index (χ2v) is 8.02. The third-order valence-corrected chi connectivity index (χ3v) is 6.58. The second kappa shape index (κ2) is 5.67. The Hall–Kier alpha value is -1.26. The maximum atomic E-state index is 12.9. The highest BCUT2D eigenvalue weighted by Crippen LogP contribution is 2.63. The van der Waals surface area contributed by atoms with E-state index in [2.05, 4.69) is 5.32 Å². The molecule has 2 rings (SSSR count). The maximum absolute atomic E-state index is 12.9. The van der Waals surface area contributed by atoms with Crippen molar-refractivity contribution >= 4 is 40.8 Å². The second-order valence-electron chi connectivity index (χ2n) is 7.17. The summed E-state index contributed by atoms with van der Waals surface area (Å²) in [6.07, 6.45) is 0.952. The number of carboxylic acid groups (broad SMARTS) is 1. The predicted molar refractivity (Wildman–Crippen MR) is 92.0 cm³/mol. The molecule has 0 spiro atoms. The number of benzene rings is 1. The zero-order valence-corrected chi connectivity index (χ0v) is 15.2. The summed E-state index contributed by atoms with van der Waals surface area (Å²) in [5, 5.41) is 13.3. The smallest absolute Gasteiger partial charge is 0.309 e. The van der Waals surface area contributed by atoms with Gasteiger partial charge in [-0.3, -0.25) is 9.59 Å². The Morgan fingerprint density at radius 2 is 1.65 bits per heavy atom. The summed E-state index contributed by atoms with van der Waals surface area (Å²) >= 11 is 12.0. The highest BCUT2D eigenvalue weighted by molar-refractivity contribution is 6.36. The van der Waals surface area contributed by atoms with Gasteiger partial charge in [-0.15, -0.1) is 0 Å². The van der Waals surface area contributed by atoms with Crippen LogP contribution in [0.3, 0.4) is 0 Å². The van der Waals surface area contributed by atoms with Crippen LogP contribution in [0.1, 0.15) is 40.5 Å². The van der Waals surface area contributed by atoms with Gasteiger partial charge in [0.25, 0.3) is 0 Å². The van der Waals surface area contributed by atoms with Crippen molar-refractivity contribution < 1.29 is 14.7 Å². The van der Waals surface area contributed by atoms with Gasteiger partial charge >= 0.3 is 5.97 Å². The molecule has 0 radical (unpaired) electrons. The first-order valence-electron chi connectivity index (χ1n) is 7.45. The first kappa shape index (κ1) is 18.1. The van der Waals surface area contributed by atoms with Gasteiger partial charge in [-0.05, 0) is 43.4 Å². The van der Waals surface area contributed by atoms with Gasteiger partial charge in [0.1, 0.15) is 0 Å². The van der Waals surface area contributed by atoms with Crippen molar-refractivity contribution in [2.24, 2.45) is 16.2 Å². The minimum absolute atomic E-state index is 0.225. The number of hydrogen-bond donors (Lipinski definition) is 2. The molecule has 1 fully saturated rings. The molecular formula is C17H21Cl2NO3. The van der Waals surface area contributed by atoms with Crippen LogP contribution in [0.5, 0.6) is 0 Å². The van der Waals surface area contributed by atoms with Crippen molar-refractivity contribution in [3.63, 3.8) is 0 Å². The Morgan fingerprint density at radius 3 is 2.13 bits per heavy atom. The van der Waals surface area contributed by atoms with E-state index in [0.717, 1.165) is 0 Å². The summed E-state index contributed by atoms with van der Waals surface area (Å²) < 4.78 is 0. The summed E-state index contributed by atoms with van der Waals surface area (Å²) in [7, 11) is 0. The molecule has 1 aromatic carbocycles. The zero-order valence-electron chi connectivity index (χ0n) is 13.7. The van der Waals surface area contributed by atoms with Gasteiger partial charge < -0.3 is 10.4 Å². The highest BCUT2D eigenvalue weighted by Gasteiger charge is 2.64. The Morgan fingerprint density at radius 1 is 1.09 bits per heavy atom. The maximum Gasteiger partial charge on any atom is 0.309 e. The molecule has 1 aliphatic carbocycles. The normalized spacial score (nSPS) is 29.3. The number of anilines is 1. The molecule has 126 valence electrons. The molecule has 4 nitrogen and oxygen atoms in total. The van der Waals surface area contributed by atoms with Crippen LogP contribution in [0.4, 0.5) is 5.69 Å². The molecule has 6 heteroatoms. The minimum atomic E-state index is -0.955. The predicted octanol–water partition coefficient (Wildman–Crippen LogP) is 4.85. The standard InChI is InChI=1S/C17H21Cl2NO3/c1-15(2)16(3,7-8-17(15,4)14(22)23)13(21)20-12-6-5-10(18)9-11(12)19/h5-6,9H,7-8H2,1-4H3,(H,20,21)(H,22,23). The molecule has 0 bridgehead atoms. The average molecular weight is 358 g/mol. The monoisotopic (exact) mass is 357 g/mol. The Kier molecular flexibility index (Phi) is 4.46. The molecule has 0 heterocycles. The van der Waals surface area contributed by atoms with Crippen molar-refractivity contribution in [1.82, 2.24) is 0 Å². The molecule has 2 atom stereocenters. The van der Waals surface area contributed by atoms with Crippen molar-refractivity contribution in [1.29, 1.82) is 0 Å². The number of hydrogen-bond acceptors (Lipinski definition) is 2. The van der Waals surface area contributed by atoms with E-state index in [1.807, 2.05) is 20.8 Å². The molecule has 23 heavy (non-hydrogen) atoms. The topological polar surface area (TPSA) is 66.4 Å². The van der Waals surface area contributed by atoms with Gasteiger partial charge in [0, 0.05) is 5.02 Å². The van der Waals surface area contributed by atoms with Crippen LogP contribution < -0.4 is 5.32 Å². The molecule has 1 amide bonds. The first-order valence-corrected chi connectivity index (χ1v) is 8.21. The summed E-state index contributed by atoms with van der Waals surface area (Å²) in [5.41, 5.74) is -2.01. The van der Waals surface area contributed by atoms with Gasteiger partial charge in [0.05, 0.1) is 21.5 Å².